The highest BCUT2D eigenvalue weighted by molar-refractivity contribution is 6.13. The summed E-state index contributed by atoms with van der Waals surface area (Å²) in [6, 6.07) is 23.6. The lowest BCUT2D eigenvalue weighted by Gasteiger charge is -2.29. The fourth-order valence-electron chi connectivity index (χ4n) is 9.44. The number of nitrogens with one attached hydrogen (secondary N) is 4. The van der Waals surface area contributed by atoms with Gasteiger partial charge in [-0.05, 0) is 118 Å². The van der Waals surface area contributed by atoms with E-state index in [4.69, 9.17) is 20.1 Å². The number of carbonyl (C=O) groups is 5. The summed E-state index contributed by atoms with van der Waals surface area (Å²) in [6.07, 6.45) is 14.5. The molecule has 1 spiro atoms. The Morgan fingerprint density at radius 1 is 0.886 bits per heavy atom. The maximum absolute atomic E-state index is 13.5. The van der Waals surface area contributed by atoms with Crippen LogP contribution in [-0.4, -0.2) is 100 Å². The van der Waals surface area contributed by atoms with E-state index in [0.29, 0.717) is 67.6 Å². The molecular weight excluding hydrogens is 891 g/mol. The molecule has 6 N–H and O–H groups in total. The number of nitrogens with two attached hydrogens (primary N) is 1. The minimum Gasteiger partial charge on any atom is -0.494 e. The first kappa shape index (κ1) is 49.2. The van der Waals surface area contributed by atoms with Gasteiger partial charge in [-0.1, -0.05) is 35.9 Å². The van der Waals surface area contributed by atoms with Gasteiger partial charge in [0.2, 0.25) is 29.1 Å². The van der Waals surface area contributed by atoms with Gasteiger partial charge in [0.05, 0.1) is 6.61 Å². The predicted octanol–water partition coefficient (Wildman–Crippen LogP) is 6.00. The predicted molar refractivity (Wildman–Crippen MR) is 263 cm³/mol. The third kappa shape index (κ3) is 12.1. The summed E-state index contributed by atoms with van der Waals surface area (Å²) in [5.74, 6) is 6.63. The van der Waals surface area contributed by atoms with Crippen LogP contribution < -0.4 is 31.8 Å². The van der Waals surface area contributed by atoms with Crippen molar-refractivity contribution in [2.24, 2.45) is 10.9 Å². The van der Waals surface area contributed by atoms with Gasteiger partial charge in [0.1, 0.15) is 24.1 Å². The summed E-state index contributed by atoms with van der Waals surface area (Å²) in [7, 11) is 0. The number of allylic oxidation sites excluding steroid dienone is 2. The molecule has 2 unspecified atom stereocenters. The Labute approximate surface area is 407 Å². The number of amidine groups is 2. The third-order valence-corrected chi connectivity index (χ3v) is 13.2. The lowest BCUT2D eigenvalue weighted by atomic mass is 9.88. The molecule has 1 aliphatic carbocycles. The van der Waals surface area contributed by atoms with Crippen molar-refractivity contribution >= 4 is 52.6 Å². The van der Waals surface area contributed by atoms with Crippen LogP contribution in [0, 0.1) is 0 Å². The summed E-state index contributed by atoms with van der Waals surface area (Å²) in [5.41, 5.74) is 6.10. The van der Waals surface area contributed by atoms with Gasteiger partial charge in [-0.15, -0.1) is 5.10 Å². The van der Waals surface area contributed by atoms with E-state index in [1.807, 2.05) is 60.7 Å². The fourth-order valence-corrected chi connectivity index (χ4v) is 9.44. The number of carbonyl (C=O) groups excluding carboxylic acids is 5. The van der Waals surface area contributed by atoms with Gasteiger partial charge in [-0.25, -0.2) is 9.89 Å². The largest absolute Gasteiger partial charge is 0.494 e. The van der Waals surface area contributed by atoms with E-state index in [9.17, 15) is 24.0 Å². The number of anilines is 1. The Morgan fingerprint density at radius 3 is 2.49 bits per heavy atom. The van der Waals surface area contributed by atoms with Gasteiger partial charge in [0.25, 0.3) is 11.8 Å². The molecule has 4 aliphatic rings. The van der Waals surface area contributed by atoms with Crippen molar-refractivity contribution in [2.75, 3.05) is 38.4 Å². The zero-order valence-corrected chi connectivity index (χ0v) is 39.7. The number of amides is 5. The van der Waals surface area contributed by atoms with E-state index in [2.05, 4.69) is 48.9 Å². The second-order valence-electron chi connectivity index (χ2n) is 18.1. The van der Waals surface area contributed by atoms with E-state index >= 15 is 0 Å². The number of fused-ring (bicyclic) bond motifs is 1. The monoisotopic (exact) mass is 952 g/mol. The molecule has 4 heterocycles. The lowest BCUT2D eigenvalue weighted by molar-refractivity contribution is -0.422. The first-order valence-electron chi connectivity index (χ1n) is 24.2. The normalized spacial score (nSPS) is 19.7. The van der Waals surface area contributed by atoms with E-state index < -0.39 is 11.9 Å². The van der Waals surface area contributed by atoms with Gasteiger partial charge >= 0.3 is 5.84 Å². The number of hydrogen-bond acceptors (Lipinski definition) is 11. The number of rotatable bonds is 20. The van der Waals surface area contributed by atoms with Crippen LogP contribution in [-0.2, 0) is 36.9 Å². The number of unbranched alkanes of at least 4 members (excludes halogenated alkanes) is 2. The van der Waals surface area contributed by atoms with Crippen LogP contribution in [0.5, 0.6) is 5.75 Å². The minimum atomic E-state index is -0.729. The van der Waals surface area contributed by atoms with Crippen LogP contribution in [0.25, 0.3) is 0 Å². The average molecular weight is 953 g/mol. The quantitative estimate of drug-likeness (QED) is 0.0101. The molecule has 2 atom stereocenters. The van der Waals surface area contributed by atoms with Gasteiger partial charge < -0.3 is 35.6 Å². The van der Waals surface area contributed by atoms with Gasteiger partial charge in [0.15, 0.2) is 0 Å². The number of benzene rings is 3. The molecule has 0 bridgehead atoms. The smallest absolute Gasteiger partial charge is 0.306 e. The molecule has 1 aromatic heterocycles. The molecule has 4 aromatic rings. The fraction of sp³-hybridized carbons (Fsp3) is 0.396. The number of hydrazone groups is 1. The van der Waals surface area contributed by atoms with Crippen molar-refractivity contribution in [2.45, 2.75) is 102 Å². The van der Waals surface area contributed by atoms with E-state index in [1.165, 1.54) is 10.5 Å². The van der Waals surface area contributed by atoms with E-state index in [-0.39, 0.29) is 55.2 Å². The lowest BCUT2D eigenvalue weighted by Crippen LogP contribution is -2.52. The number of ether oxygens (including phenoxy) is 3. The van der Waals surface area contributed by atoms with Crippen LogP contribution in [0.1, 0.15) is 115 Å². The van der Waals surface area contributed by atoms with Gasteiger partial charge in [-0.2, -0.15) is 0 Å². The number of hydrogen-bond donors (Lipinski definition) is 5. The van der Waals surface area contributed by atoms with Gasteiger partial charge in [0, 0.05) is 92.5 Å². The number of nitrogens with zero attached hydrogens (tertiary/aromatic N) is 4. The van der Waals surface area contributed by atoms with Crippen LogP contribution in [0.3, 0.4) is 0 Å². The molecule has 366 valence electrons. The number of pyridine rings is 1. The zero-order valence-electron chi connectivity index (χ0n) is 39.7. The van der Waals surface area contributed by atoms with Crippen LogP contribution in [0.2, 0.25) is 0 Å². The Bertz CT molecular complexity index is 2650. The Morgan fingerprint density at radius 2 is 1.67 bits per heavy atom. The number of piperidine rings is 1. The molecule has 3 aliphatic heterocycles. The summed E-state index contributed by atoms with van der Waals surface area (Å²) in [6.45, 7) is 4.65. The van der Waals surface area contributed by atoms with Crippen LogP contribution >= 0.6 is 0 Å². The summed E-state index contributed by atoms with van der Waals surface area (Å²) in [5, 5.41) is 15.8. The second kappa shape index (κ2) is 23.4. The minimum absolute atomic E-state index is 0.150. The molecule has 0 saturated carbocycles. The van der Waals surface area contributed by atoms with Crippen molar-refractivity contribution in [3.63, 3.8) is 0 Å². The Balaban J connectivity index is 0.693. The number of imide groups is 1. The second-order valence-corrected chi connectivity index (χ2v) is 18.1. The summed E-state index contributed by atoms with van der Waals surface area (Å²) >= 11 is 0. The highest BCUT2D eigenvalue weighted by Gasteiger charge is 2.63. The van der Waals surface area contributed by atoms with Crippen molar-refractivity contribution in [3.8, 4) is 5.75 Å². The standard InChI is InChI=1S/C53H61N9O8/c1-36-10-7-24-53(25-8-11-36)52(59-48(60-54)38-22-26-55-27-23-38)62(53)40-13-5-12-39(32-40)49(65)56-33-37-16-18-41(19-17-37)70-31-4-2-3-28-68-29-9-30-69-35-47(64)57-44-15-6-14-42-43(44)34-61(51(42)67)45-20-21-46(63)58-50(45)66/h5-6,10,12-19,22-23,26-27,32,45H,2-4,7-9,11,20-21,24-25,28-31,33-35H2,1H3,(H5,54,55,56,57,58,63,64,65,66)/p+1/b36-10+. The molecule has 5 amide bonds. The highest BCUT2D eigenvalue weighted by Crippen LogP contribution is 2.44. The summed E-state index contributed by atoms with van der Waals surface area (Å²) < 4.78 is 19.6. The zero-order chi connectivity index (χ0) is 48.9. The molecule has 8 rings (SSSR count). The Hall–Kier alpha value is -7.24. The highest BCUT2D eigenvalue weighted by atomic mass is 16.5. The van der Waals surface area contributed by atoms with Crippen molar-refractivity contribution < 1.29 is 42.8 Å². The maximum Gasteiger partial charge on any atom is 0.306 e. The van der Waals surface area contributed by atoms with E-state index in [0.717, 1.165) is 79.8 Å². The van der Waals surface area contributed by atoms with Crippen molar-refractivity contribution in [1.29, 1.82) is 0 Å². The molecular formula is C53H62N9O8+. The first-order chi connectivity index (χ1) is 34.1. The SMILES string of the molecule is C/C1=C\CCC2(CCC1)C(N/C(=N\N)c1ccncc1)=[N+]2c1cccc(C(=O)NCc2ccc(OCCCCCOCCCOCC(=O)Nc3cccc4c3CN(C3CCC(=O)NC3=O)C4=O)cc2)c1. The molecule has 3 aromatic carbocycles. The maximum atomic E-state index is 13.5. The summed E-state index contributed by atoms with van der Waals surface area (Å²) in [4.78, 5) is 68.8. The third-order valence-electron chi connectivity index (χ3n) is 13.2. The van der Waals surface area contributed by atoms with Crippen LogP contribution in [0.15, 0.2) is 108 Å². The Kier molecular flexibility index (Phi) is 16.4. The first-order valence-corrected chi connectivity index (χ1v) is 24.2. The molecule has 1 fully saturated rings. The molecule has 17 nitrogen and oxygen atoms in total. The molecule has 1 saturated heterocycles. The topological polar surface area (TPSA) is 219 Å². The van der Waals surface area contributed by atoms with Crippen molar-refractivity contribution in [3.05, 3.63) is 131 Å². The average Bonchev–Trinajstić information content (AvgIpc) is 3.85. The van der Waals surface area contributed by atoms with Gasteiger partial charge in [-0.3, -0.25) is 34.3 Å². The molecule has 0 radical (unpaired) electrons. The van der Waals surface area contributed by atoms with E-state index in [1.54, 1.807) is 30.6 Å². The molecule has 70 heavy (non-hydrogen) atoms. The van der Waals surface area contributed by atoms with Crippen molar-refractivity contribution in [1.82, 2.24) is 25.8 Å². The molecule has 17 heteroatoms. The van der Waals surface area contributed by atoms with Crippen LogP contribution in [0.4, 0.5) is 11.4 Å². The number of aromatic nitrogens is 1.